The van der Waals surface area contributed by atoms with Crippen LogP contribution in [0.5, 0.6) is 17.2 Å². The molecule has 2 heterocycles. The molecule has 0 amide bonds. The highest BCUT2D eigenvalue weighted by Crippen LogP contribution is 2.29. The number of hydrogen-bond donors (Lipinski definition) is 2. The molecule has 4 aromatic rings. The van der Waals surface area contributed by atoms with Crippen molar-refractivity contribution in [2.75, 3.05) is 6.61 Å². The Bertz CT molecular complexity index is 1450. The number of hydrogen-bond acceptors (Lipinski definition) is 6. The van der Waals surface area contributed by atoms with Gasteiger partial charge in [-0.15, -0.1) is 13.2 Å². The van der Waals surface area contributed by atoms with Crippen molar-refractivity contribution in [2.45, 2.75) is 19.8 Å². The maximum atomic E-state index is 12.5. The van der Waals surface area contributed by atoms with Gasteiger partial charge in [0.25, 0.3) is 5.56 Å². The summed E-state index contributed by atoms with van der Waals surface area (Å²) in [7, 11) is 1.65. The maximum absolute atomic E-state index is 12.5. The lowest BCUT2D eigenvalue weighted by molar-refractivity contribution is -0.274. The van der Waals surface area contributed by atoms with Gasteiger partial charge in [0.05, 0.1) is 0 Å². The Labute approximate surface area is 196 Å². The third-order valence-electron chi connectivity index (χ3n) is 5.22. The lowest BCUT2D eigenvalue weighted by Gasteiger charge is -2.10. The molecule has 4 rings (SSSR count). The van der Waals surface area contributed by atoms with Gasteiger partial charge in [-0.1, -0.05) is 6.92 Å². The van der Waals surface area contributed by atoms with Gasteiger partial charge in [0, 0.05) is 25.8 Å². The number of aromatic nitrogens is 4. The summed E-state index contributed by atoms with van der Waals surface area (Å²) in [5.74, 6) is 0.579. The second-order valence-electron chi connectivity index (χ2n) is 7.97. The highest BCUT2D eigenvalue weighted by molar-refractivity contribution is 5.76. The number of alkyl halides is 3. The van der Waals surface area contributed by atoms with Gasteiger partial charge in [0.2, 0.25) is 0 Å². The number of aromatic amines is 1. The van der Waals surface area contributed by atoms with E-state index < -0.39 is 17.6 Å². The van der Waals surface area contributed by atoms with Gasteiger partial charge >= 0.3 is 12.1 Å². The van der Waals surface area contributed by atoms with Gasteiger partial charge in [0.1, 0.15) is 23.1 Å². The van der Waals surface area contributed by atoms with Crippen molar-refractivity contribution < 1.29 is 27.8 Å². The lowest BCUT2D eigenvalue weighted by atomic mass is 10.2. The molecule has 1 unspecified atom stereocenters. The fraction of sp³-hybridized carbons (Fsp3) is 0.261. The Kier molecular flexibility index (Phi) is 6.39. The summed E-state index contributed by atoms with van der Waals surface area (Å²) in [5, 5.41) is 9.37. The van der Waals surface area contributed by atoms with E-state index in [-0.39, 0.29) is 36.0 Å². The number of imidazole rings is 1. The Hall–Kier alpha value is -4.06. The van der Waals surface area contributed by atoms with Crippen molar-refractivity contribution in [1.82, 2.24) is 19.1 Å². The average Bonchev–Trinajstić information content (AvgIpc) is 3.15. The van der Waals surface area contributed by atoms with Crippen LogP contribution >= 0.6 is 0 Å². The fourth-order valence-corrected chi connectivity index (χ4v) is 3.56. The van der Waals surface area contributed by atoms with Gasteiger partial charge in [-0.05, 0) is 54.4 Å². The maximum Gasteiger partial charge on any atom is 0.573 e. The van der Waals surface area contributed by atoms with Crippen LogP contribution in [0.2, 0.25) is 0 Å². The SMILES string of the molecule is CC(CO)Cn1c(=O)[nH]c(=O)c2c1nc(-c1ccc(Oc3ccc(OC(F)(F)F)cc3)cc1)n2C. The Balaban J connectivity index is 1.61. The van der Waals surface area contributed by atoms with Crippen molar-refractivity contribution in [1.29, 1.82) is 0 Å². The number of ether oxygens (including phenoxy) is 2. The number of benzene rings is 2. The first-order valence-electron chi connectivity index (χ1n) is 10.5. The molecule has 0 fully saturated rings. The molecular formula is C23H21F3N4O5. The van der Waals surface area contributed by atoms with Crippen LogP contribution in [-0.4, -0.2) is 37.2 Å². The largest absolute Gasteiger partial charge is 0.573 e. The number of nitrogens with one attached hydrogen (secondary N) is 1. The van der Waals surface area contributed by atoms with Crippen LogP contribution in [-0.2, 0) is 13.6 Å². The molecule has 0 aliphatic carbocycles. The van der Waals surface area contributed by atoms with Crippen molar-refractivity contribution in [2.24, 2.45) is 13.0 Å². The number of H-pyrrole nitrogens is 1. The van der Waals surface area contributed by atoms with Crippen molar-refractivity contribution in [3.63, 3.8) is 0 Å². The first-order valence-corrected chi connectivity index (χ1v) is 10.5. The number of halogens is 3. The molecule has 12 heteroatoms. The van der Waals surface area contributed by atoms with Gasteiger partial charge < -0.3 is 19.1 Å². The zero-order valence-corrected chi connectivity index (χ0v) is 18.7. The molecule has 2 aromatic carbocycles. The molecular weight excluding hydrogens is 469 g/mol. The highest BCUT2D eigenvalue weighted by Gasteiger charge is 2.31. The summed E-state index contributed by atoms with van der Waals surface area (Å²) in [6.45, 7) is 1.81. The summed E-state index contributed by atoms with van der Waals surface area (Å²) < 4.78 is 49.3. The highest BCUT2D eigenvalue weighted by atomic mass is 19.4. The smallest absolute Gasteiger partial charge is 0.457 e. The van der Waals surface area contributed by atoms with Crippen molar-refractivity contribution in [3.8, 4) is 28.6 Å². The van der Waals surface area contributed by atoms with Crippen LogP contribution in [0.4, 0.5) is 13.2 Å². The zero-order chi connectivity index (χ0) is 25.3. The number of aliphatic hydroxyl groups excluding tert-OH is 1. The van der Waals surface area contributed by atoms with Crippen molar-refractivity contribution >= 4 is 11.2 Å². The standard InChI is InChI=1S/C23H21F3N4O5/c1-13(12-31)11-30-20-18(21(32)28-22(30)33)29(2)19(27-20)14-3-5-15(6-4-14)34-16-7-9-17(10-8-16)35-23(24,25)26/h3-10,13,31H,11-12H2,1-2H3,(H,28,32,33). The van der Waals surface area contributed by atoms with E-state index in [0.717, 1.165) is 12.1 Å². The Morgan fingerprint density at radius 1 is 1.03 bits per heavy atom. The molecule has 0 radical (unpaired) electrons. The number of nitrogens with zero attached hydrogens (tertiary/aromatic N) is 3. The van der Waals surface area contributed by atoms with Crippen LogP contribution in [0.25, 0.3) is 22.6 Å². The van der Waals surface area contributed by atoms with Gasteiger partial charge in [0.15, 0.2) is 11.2 Å². The van der Waals surface area contributed by atoms with E-state index in [1.165, 1.54) is 16.7 Å². The second-order valence-corrected chi connectivity index (χ2v) is 7.97. The van der Waals surface area contributed by atoms with Crippen LogP contribution in [0.3, 0.4) is 0 Å². The van der Waals surface area contributed by atoms with Crippen LogP contribution in [0, 0.1) is 5.92 Å². The molecule has 0 spiro atoms. The molecule has 2 aromatic heterocycles. The minimum atomic E-state index is -4.77. The molecule has 1 atom stereocenters. The molecule has 9 nitrogen and oxygen atoms in total. The summed E-state index contributed by atoms with van der Waals surface area (Å²) in [6, 6.07) is 11.7. The first-order chi connectivity index (χ1) is 16.6. The van der Waals surface area contributed by atoms with Gasteiger partial charge in [-0.2, -0.15) is 0 Å². The molecule has 35 heavy (non-hydrogen) atoms. The molecule has 184 valence electrons. The van der Waals surface area contributed by atoms with E-state index in [0.29, 0.717) is 22.9 Å². The summed E-state index contributed by atoms with van der Waals surface area (Å²) >= 11 is 0. The number of aliphatic hydroxyl groups is 1. The summed E-state index contributed by atoms with van der Waals surface area (Å²) in [6.07, 6.45) is -4.77. The minimum absolute atomic E-state index is 0.133. The summed E-state index contributed by atoms with van der Waals surface area (Å²) in [4.78, 5) is 31.6. The predicted octanol–water partition coefficient (Wildman–Crippen LogP) is 3.41. The van der Waals surface area contributed by atoms with Crippen LogP contribution < -0.4 is 20.7 Å². The van der Waals surface area contributed by atoms with Crippen LogP contribution in [0.15, 0.2) is 58.1 Å². The molecule has 0 aliphatic heterocycles. The quantitative estimate of drug-likeness (QED) is 0.411. The molecule has 2 N–H and O–H groups in total. The van der Waals surface area contributed by atoms with E-state index in [1.54, 1.807) is 42.8 Å². The predicted molar refractivity (Wildman–Crippen MR) is 120 cm³/mol. The fourth-order valence-electron chi connectivity index (χ4n) is 3.56. The van der Waals surface area contributed by atoms with E-state index in [2.05, 4.69) is 14.7 Å². The van der Waals surface area contributed by atoms with Gasteiger partial charge in [-0.25, -0.2) is 9.78 Å². The van der Waals surface area contributed by atoms with Crippen molar-refractivity contribution in [3.05, 3.63) is 69.4 Å². The Morgan fingerprint density at radius 2 is 1.60 bits per heavy atom. The second kappa shape index (κ2) is 9.29. The van der Waals surface area contributed by atoms with E-state index in [4.69, 9.17) is 4.74 Å². The number of fused-ring (bicyclic) bond motifs is 1. The van der Waals surface area contributed by atoms with Crippen LogP contribution in [0.1, 0.15) is 6.92 Å². The normalized spacial score (nSPS) is 12.6. The van der Waals surface area contributed by atoms with Gasteiger partial charge in [-0.3, -0.25) is 14.3 Å². The molecule has 0 bridgehead atoms. The number of aryl methyl sites for hydroxylation is 1. The van der Waals surface area contributed by atoms with E-state index in [1.807, 2.05) is 0 Å². The summed E-state index contributed by atoms with van der Waals surface area (Å²) in [5.41, 5.74) is -0.122. The third-order valence-corrected chi connectivity index (χ3v) is 5.22. The Morgan fingerprint density at radius 3 is 2.17 bits per heavy atom. The van der Waals surface area contributed by atoms with E-state index in [9.17, 15) is 27.9 Å². The lowest BCUT2D eigenvalue weighted by Crippen LogP contribution is -2.33. The minimum Gasteiger partial charge on any atom is -0.457 e. The first kappa shape index (κ1) is 24.1. The zero-order valence-electron chi connectivity index (χ0n) is 18.7. The molecule has 0 saturated carbocycles. The monoisotopic (exact) mass is 490 g/mol. The molecule has 0 saturated heterocycles. The topological polar surface area (TPSA) is 111 Å². The van der Waals surface area contributed by atoms with E-state index >= 15 is 0 Å². The number of rotatable bonds is 7. The molecule has 0 aliphatic rings. The third kappa shape index (κ3) is 5.22. The average molecular weight is 490 g/mol.